The zero-order valence-corrected chi connectivity index (χ0v) is 15.3. The number of imidazole rings is 1. The molecule has 0 aliphatic heterocycles. The molecule has 4 nitrogen and oxygen atoms in total. The van der Waals surface area contributed by atoms with Gasteiger partial charge < -0.3 is 15.0 Å². The van der Waals surface area contributed by atoms with Crippen molar-refractivity contribution in [3.8, 4) is 17.0 Å². The highest BCUT2D eigenvalue weighted by Crippen LogP contribution is 2.32. The fourth-order valence-electron chi connectivity index (χ4n) is 2.71. The molecule has 0 aliphatic rings. The minimum Gasteiger partial charge on any atom is -0.405 e. The van der Waals surface area contributed by atoms with Crippen LogP contribution in [0, 0.1) is 0 Å². The molecule has 1 heterocycles. The van der Waals surface area contributed by atoms with Gasteiger partial charge >= 0.3 is 6.36 Å². The summed E-state index contributed by atoms with van der Waals surface area (Å²) < 4.78 is 43.6. The summed E-state index contributed by atoms with van der Waals surface area (Å²) in [6.45, 7) is 0.230. The van der Waals surface area contributed by atoms with Crippen LogP contribution in [0.4, 0.5) is 13.2 Å². The van der Waals surface area contributed by atoms with Crippen LogP contribution in [0.15, 0.2) is 48.8 Å². The second kappa shape index (κ2) is 7.80. The zero-order chi connectivity index (χ0) is 19.6. The van der Waals surface area contributed by atoms with Crippen molar-refractivity contribution in [2.45, 2.75) is 19.5 Å². The molecule has 0 fully saturated rings. The Bertz CT molecular complexity index is 957. The minimum atomic E-state index is -4.77. The summed E-state index contributed by atoms with van der Waals surface area (Å²) >= 11 is 12.2. The average molecular weight is 416 g/mol. The number of ether oxygens (including phenoxy) is 1. The summed E-state index contributed by atoms with van der Waals surface area (Å²) in [6.07, 6.45) is -3.27. The summed E-state index contributed by atoms with van der Waals surface area (Å²) in [4.78, 5) is 4.34. The van der Waals surface area contributed by atoms with E-state index in [2.05, 4.69) is 9.72 Å². The molecule has 3 rings (SSSR count). The maximum atomic E-state index is 12.6. The Morgan fingerprint density at radius 3 is 2.52 bits per heavy atom. The van der Waals surface area contributed by atoms with E-state index in [1.165, 1.54) is 18.5 Å². The molecule has 2 N–H and O–H groups in total. The van der Waals surface area contributed by atoms with Crippen LogP contribution in [-0.4, -0.2) is 15.9 Å². The Kier molecular flexibility index (Phi) is 5.64. The molecule has 2 aromatic carbocycles. The quantitative estimate of drug-likeness (QED) is 0.617. The van der Waals surface area contributed by atoms with Crippen molar-refractivity contribution in [1.82, 2.24) is 9.55 Å². The molecule has 0 spiro atoms. The number of aromatic nitrogens is 2. The lowest BCUT2D eigenvalue weighted by molar-refractivity contribution is -0.274. The van der Waals surface area contributed by atoms with Crippen LogP contribution < -0.4 is 10.5 Å². The molecule has 0 atom stereocenters. The van der Waals surface area contributed by atoms with E-state index in [0.29, 0.717) is 32.6 Å². The molecule has 142 valence electrons. The number of alkyl halides is 3. The highest BCUT2D eigenvalue weighted by atomic mass is 35.5. The van der Waals surface area contributed by atoms with Gasteiger partial charge in [0.05, 0.1) is 29.3 Å². The molecule has 0 saturated heterocycles. The molecule has 0 saturated carbocycles. The van der Waals surface area contributed by atoms with E-state index >= 15 is 0 Å². The van der Waals surface area contributed by atoms with E-state index < -0.39 is 6.36 Å². The molecule has 3 aromatic rings. The van der Waals surface area contributed by atoms with Gasteiger partial charge in [-0.1, -0.05) is 41.4 Å². The number of benzene rings is 2. The summed E-state index contributed by atoms with van der Waals surface area (Å²) in [5.41, 5.74) is 8.02. The van der Waals surface area contributed by atoms with Gasteiger partial charge in [0.2, 0.25) is 0 Å². The van der Waals surface area contributed by atoms with E-state index in [9.17, 15) is 13.2 Å². The van der Waals surface area contributed by atoms with Crippen LogP contribution in [0.1, 0.15) is 11.3 Å². The molecule has 9 heteroatoms. The number of hydrogen-bond donors (Lipinski definition) is 1. The summed E-state index contributed by atoms with van der Waals surface area (Å²) in [7, 11) is 0. The molecule has 0 bridgehead atoms. The van der Waals surface area contributed by atoms with Crippen LogP contribution in [0.5, 0.6) is 5.75 Å². The maximum absolute atomic E-state index is 12.6. The number of rotatable bonds is 5. The van der Waals surface area contributed by atoms with Crippen molar-refractivity contribution in [3.05, 3.63) is 70.1 Å². The number of para-hydroxylation sites is 1. The van der Waals surface area contributed by atoms with E-state index in [1.807, 2.05) is 0 Å². The molecule has 27 heavy (non-hydrogen) atoms. The largest absolute Gasteiger partial charge is 0.573 e. The van der Waals surface area contributed by atoms with Gasteiger partial charge in [0.25, 0.3) is 0 Å². The lowest BCUT2D eigenvalue weighted by Gasteiger charge is -2.15. The van der Waals surface area contributed by atoms with Crippen molar-refractivity contribution < 1.29 is 17.9 Å². The SMILES string of the molecule is NCc1c(-c2ccc(Cl)cc2Cl)ncn1Cc1ccccc1OC(F)(F)F. The van der Waals surface area contributed by atoms with E-state index in [4.69, 9.17) is 28.9 Å². The predicted molar refractivity (Wildman–Crippen MR) is 97.8 cm³/mol. The predicted octanol–water partition coefficient (Wildman–Crippen LogP) is 5.26. The number of nitrogens with zero attached hydrogens (tertiary/aromatic N) is 2. The van der Waals surface area contributed by atoms with E-state index in [1.54, 1.807) is 34.9 Å². The number of nitrogens with two attached hydrogens (primary N) is 1. The maximum Gasteiger partial charge on any atom is 0.573 e. The second-order valence-corrected chi connectivity index (χ2v) is 6.50. The Morgan fingerprint density at radius 1 is 1.11 bits per heavy atom. The molecule has 0 radical (unpaired) electrons. The van der Waals surface area contributed by atoms with Crippen molar-refractivity contribution in [2.75, 3.05) is 0 Å². The fourth-order valence-corrected chi connectivity index (χ4v) is 3.20. The van der Waals surface area contributed by atoms with Crippen molar-refractivity contribution in [1.29, 1.82) is 0 Å². The Balaban J connectivity index is 1.97. The second-order valence-electron chi connectivity index (χ2n) is 5.65. The summed E-state index contributed by atoms with van der Waals surface area (Å²) in [6, 6.07) is 10.9. The van der Waals surface area contributed by atoms with Gasteiger partial charge in [0.15, 0.2) is 0 Å². The smallest absolute Gasteiger partial charge is 0.405 e. The Morgan fingerprint density at radius 2 is 1.85 bits per heavy atom. The monoisotopic (exact) mass is 415 g/mol. The van der Waals surface area contributed by atoms with Crippen LogP contribution in [0.2, 0.25) is 10.0 Å². The van der Waals surface area contributed by atoms with Gasteiger partial charge in [-0.3, -0.25) is 0 Å². The molecule has 0 unspecified atom stereocenters. The summed E-state index contributed by atoms with van der Waals surface area (Å²) in [5, 5.41) is 0.888. The van der Waals surface area contributed by atoms with Crippen molar-refractivity contribution in [2.24, 2.45) is 5.73 Å². The van der Waals surface area contributed by atoms with E-state index in [0.717, 1.165) is 0 Å². The van der Waals surface area contributed by atoms with Gasteiger partial charge in [-0.15, -0.1) is 13.2 Å². The first kappa shape index (κ1) is 19.5. The Labute approximate surface area is 163 Å². The van der Waals surface area contributed by atoms with Crippen LogP contribution in [0.3, 0.4) is 0 Å². The first-order valence-corrected chi connectivity index (χ1v) is 8.57. The van der Waals surface area contributed by atoms with Crippen molar-refractivity contribution >= 4 is 23.2 Å². The van der Waals surface area contributed by atoms with Gasteiger partial charge in [-0.25, -0.2) is 4.98 Å². The zero-order valence-electron chi connectivity index (χ0n) is 13.8. The first-order valence-electron chi connectivity index (χ1n) is 7.81. The lowest BCUT2D eigenvalue weighted by atomic mass is 10.1. The first-order chi connectivity index (χ1) is 12.8. The highest BCUT2D eigenvalue weighted by molar-refractivity contribution is 6.36. The molecule has 0 aliphatic carbocycles. The number of halogens is 5. The van der Waals surface area contributed by atoms with E-state index in [-0.39, 0.29) is 18.8 Å². The standard InChI is InChI=1S/C18H14Cl2F3N3O/c19-12-5-6-13(14(20)7-12)17-15(8-24)26(10-25-17)9-11-3-1-2-4-16(11)27-18(21,22)23/h1-7,10H,8-9,24H2. The van der Waals surface area contributed by atoms with Crippen LogP contribution in [0.25, 0.3) is 11.3 Å². The third-order valence-corrected chi connectivity index (χ3v) is 4.41. The lowest BCUT2D eigenvalue weighted by Crippen LogP contribution is -2.19. The van der Waals surface area contributed by atoms with Gasteiger partial charge in [0, 0.05) is 22.7 Å². The summed E-state index contributed by atoms with van der Waals surface area (Å²) in [5.74, 6) is -0.271. The third kappa shape index (κ3) is 4.55. The molecular weight excluding hydrogens is 402 g/mol. The minimum absolute atomic E-state index is 0.108. The third-order valence-electron chi connectivity index (χ3n) is 3.86. The normalized spacial score (nSPS) is 11.6. The molecular formula is C18H14Cl2F3N3O. The van der Waals surface area contributed by atoms with Crippen molar-refractivity contribution in [3.63, 3.8) is 0 Å². The topological polar surface area (TPSA) is 53.1 Å². The number of hydrogen-bond acceptors (Lipinski definition) is 3. The Hall–Kier alpha value is -2.22. The molecule has 0 amide bonds. The highest BCUT2D eigenvalue weighted by Gasteiger charge is 2.32. The fraction of sp³-hybridized carbons (Fsp3) is 0.167. The van der Waals surface area contributed by atoms with Crippen LogP contribution >= 0.6 is 23.2 Å². The van der Waals surface area contributed by atoms with Gasteiger partial charge in [-0.05, 0) is 24.3 Å². The van der Waals surface area contributed by atoms with Gasteiger partial charge in [-0.2, -0.15) is 0 Å². The molecule has 1 aromatic heterocycles. The average Bonchev–Trinajstić information content (AvgIpc) is 2.98. The van der Waals surface area contributed by atoms with Crippen LogP contribution in [-0.2, 0) is 13.1 Å². The van der Waals surface area contributed by atoms with Gasteiger partial charge in [0.1, 0.15) is 5.75 Å².